The molecule has 1 saturated heterocycles. The normalized spacial score (nSPS) is 15.4. The maximum atomic E-state index is 12.5. The Morgan fingerprint density at radius 3 is 2.67 bits per heavy atom. The molecule has 3 rings (SSSR count). The Kier molecular flexibility index (Phi) is 6.27. The summed E-state index contributed by atoms with van der Waals surface area (Å²) in [6.45, 7) is 1.78. The molecule has 5 nitrogen and oxygen atoms in total. The molecule has 0 aliphatic carbocycles. The van der Waals surface area contributed by atoms with Gasteiger partial charge in [0.1, 0.15) is 5.75 Å². The highest BCUT2D eigenvalue weighted by Gasteiger charge is 2.22. The number of rotatable bonds is 5. The molecule has 5 heteroatoms. The zero-order chi connectivity index (χ0) is 19.2. The molecule has 1 fully saturated rings. The monoisotopic (exact) mass is 366 g/mol. The number of likely N-dealkylation sites (tertiary alicyclic amines) is 1. The van der Waals surface area contributed by atoms with E-state index >= 15 is 0 Å². The Morgan fingerprint density at radius 2 is 1.96 bits per heavy atom. The summed E-state index contributed by atoms with van der Waals surface area (Å²) in [4.78, 5) is 14.3. The fraction of sp³-hybridized carbons (Fsp3) is 0.318. The number of carbonyl (C=O) groups excluding carboxylic acids is 1. The van der Waals surface area contributed by atoms with Crippen LogP contribution in [0.25, 0.3) is 6.08 Å². The van der Waals surface area contributed by atoms with E-state index < -0.39 is 0 Å². The summed E-state index contributed by atoms with van der Waals surface area (Å²) in [6, 6.07) is 13.3. The number of nitrogens with two attached hydrogens (primary N) is 1. The molecule has 0 bridgehead atoms. The first-order valence-corrected chi connectivity index (χ1v) is 9.29. The lowest BCUT2D eigenvalue weighted by molar-refractivity contribution is -0.126. The van der Waals surface area contributed by atoms with Crippen molar-refractivity contribution in [2.45, 2.75) is 31.9 Å². The second-order valence-electron chi connectivity index (χ2n) is 6.93. The second-order valence-corrected chi connectivity index (χ2v) is 6.93. The fourth-order valence-corrected chi connectivity index (χ4v) is 3.52. The zero-order valence-electron chi connectivity index (χ0n) is 15.3. The summed E-state index contributed by atoms with van der Waals surface area (Å²) in [5.74, 6) is 0.512. The van der Waals surface area contributed by atoms with E-state index in [0.29, 0.717) is 18.0 Å². The number of aliphatic hydroxyl groups is 1. The van der Waals surface area contributed by atoms with Crippen LogP contribution in [0.1, 0.15) is 41.0 Å². The molecule has 27 heavy (non-hydrogen) atoms. The summed E-state index contributed by atoms with van der Waals surface area (Å²) < 4.78 is 0. The molecule has 0 saturated carbocycles. The second kappa shape index (κ2) is 8.84. The minimum absolute atomic E-state index is 0.0113. The maximum Gasteiger partial charge on any atom is 0.246 e. The van der Waals surface area contributed by atoms with Gasteiger partial charge in [0.15, 0.2) is 0 Å². The van der Waals surface area contributed by atoms with Crippen LogP contribution in [0.4, 0.5) is 0 Å². The van der Waals surface area contributed by atoms with Crippen molar-refractivity contribution in [2.24, 2.45) is 5.73 Å². The van der Waals surface area contributed by atoms with Gasteiger partial charge >= 0.3 is 0 Å². The van der Waals surface area contributed by atoms with E-state index in [2.05, 4.69) is 18.2 Å². The molecule has 2 aromatic rings. The summed E-state index contributed by atoms with van der Waals surface area (Å²) in [7, 11) is 0. The van der Waals surface area contributed by atoms with Gasteiger partial charge in [-0.1, -0.05) is 30.3 Å². The van der Waals surface area contributed by atoms with E-state index in [1.165, 1.54) is 11.6 Å². The quantitative estimate of drug-likeness (QED) is 0.710. The molecule has 4 N–H and O–H groups in total. The van der Waals surface area contributed by atoms with E-state index in [-0.39, 0.29) is 18.3 Å². The van der Waals surface area contributed by atoms with Gasteiger partial charge in [0, 0.05) is 31.3 Å². The predicted molar refractivity (Wildman–Crippen MR) is 106 cm³/mol. The molecule has 0 spiro atoms. The molecule has 0 aromatic heterocycles. The van der Waals surface area contributed by atoms with Gasteiger partial charge < -0.3 is 20.8 Å². The average molecular weight is 366 g/mol. The third-order valence-electron chi connectivity index (χ3n) is 5.16. The van der Waals surface area contributed by atoms with E-state index in [0.717, 1.165) is 37.1 Å². The van der Waals surface area contributed by atoms with Crippen molar-refractivity contribution in [3.63, 3.8) is 0 Å². The molecule has 1 aliphatic rings. The van der Waals surface area contributed by atoms with Gasteiger partial charge in [0.05, 0.1) is 6.61 Å². The van der Waals surface area contributed by atoms with Crippen molar-refractivity contribution < 1.29 is 15.0 Å². The van der Waals surface area contributed by atoms with E-state index in [4.69, 9.17) is 5.73 Å². The van der Waals surface area contributed by atoms with Crippen LogP contribution in [-0.4, -0.2) is 34.1 Å². The Bertz CT molecular complexity index is 824. The highest BCUT2D eigenvalue weighted by atomic mass is 16.3. The largest absolute Gasteiger partial charge is 0.508 e. The van der Waals surface area contributed by atoms with Crippen molar-refractivity contribution in [3.05, 3.63) is 70.8 Å². The molecule has 0 unspecified atom stereocenters. The highest BCUT2D eigenvalue weighted by Crippen LogP contribution is 2.28. The molecule has 1 amide bonds. The van der Waals surface area contributed by atoms with Crippen molar-refractivity contribution in [1.82, 2.24) is 4.90 Å². The number of hydrogen-bond acceptors (Lipinski definition) is 4. The van der Waals surface area contributed by atoms with Crippen molar-refractivity contribution in [3.8, 4) is 5.75 Å². The molecule has 142 valence electrons. The first-order chi connectivity index (χ1) is 13.1. The Labute approximate surface area is 159 Å². The van der Waals surface area contributed by atoms with Crippen LogP contribution in [0.15, 0.2) is 48.5 Å². The molecule has 1 aliphatic heterocycles. The standard InChI is InChI=1S/C22H26N2O3/c23-14-17-2-1-3-19(13-17)18-8-10-24(11-9-18)22(27)7-5-16-4-6-21(26)20(12-16)15-25/h1-7,12-13,18,25-26H,8-11,14-15,23H2/b7-5+. The molecular weight excluding hydrogens is 340 g/mol. The van der Waals surface area contributed by atoms with Gasteiger partial charge in [-0.25, -0.2) is 0 Å². The topological polar surface area (TPSA) is 86.8 Å². The van der Waals surface area contributed by atoms with Gasteiger partial charge in [0.2, 0.25) is 5.91 Å². The number of phenols is 1. The molecular formula is C22H26N2O3. The van der Waals surface area contributed by atoms with Gasteiger partial charge in [-0.05, 0) is 53.7 Å². The van der Waals surface area contributed by atoms with Crippen LogP contribution in [0.3, 0.4) is 0 Å². The molecule has 2 aromatic carbocycles. The SMILES string of the molecule is NCc1cccc(C2CCN(C(=O)/C=C/c3ccc(O)c(CO)c3)CC2)c1. The van der Waals surface area contributed by atoms with Crippen LogP contribution in [0.5, 0.6) is 5.75 Å². The molecule has 0 radical (unpaired) electrons. The van der Waals surface area contributed by atoms with Gasteiger partial charge in [-0.2, -0.15) is 0 Å². The lowest BCUT2D eigenvalue weighted by Crippen LogP contribution is -2.36. The number of benzene rings is 2. The molecule has 1 heterocycles. The van der Waals surface area contributed by atoms with Crippen molar-refractivity contribution in [1.29, 1.82) is 0 Å². The Morgan fingerprint density at radius 1 is 1.19 bits per heavy atom. The number of aromatic hydroxyl groups is 1. The smallest absolute Gasteiger partial charge is 0.246 e. The number of nitrogens with zero attached hydrogens (tertiary/aromatic N) is 1. The number of hydrogen-bond donors (Lipinski definition) is 3. The van der Waals surface area contributed by atoms with Gasteiger partial charge in [0.25, 0.3) is 0 Å². The van der Waals surface area contributed by atoms with Crippen LogP contribution < -0.4 is 5.73 Å². The molecule has 0 atom stereocenters. The minimum atomic E-state index is -0.236. The van der Waals surface area contributed by atoms with E-state index in [1.807, 2.05) is 11.0 Å². The minimum Gasteiger partial charge on any atom is -0.508 e. The lowest BCUT2D eigenvalue weighted by atomic mass is 9.88. The predicted octanol–water partition coefficient (Wildman–Crippen LogP) is 2.76. The van der Waals surface area contributed by atoms with E-state index in [1.54, 1.807) is 24.3 Å². The van der Waals surface area contributed by atoms with Crippen LogP contribution in [0, 0.1) is 0 Å². The summed E-state index contributed by atoms with van der Waals surface area (Å²) in [6.07, 6.45) is 5.17. The van der Waals surface area contributed by atoms with Gasteiger partial charge in [-0.15, -0.1) is 0 Å². The van der Waals surface area contributed by atoms with Gasteiger partial charge in [-0.3, -0.25) is 4.79 Å². The summed E-state index contributed by atoms with van der Waals surface area (Å²) in [5.41, 5.74) is 9.41. The summed E-state index contributed by atoms with van der Waals surface area (Å²) in [5, 5.41) is 18.8. The average Bonchev–Trinajstić information content (AvgIpc) is 2.73. The third kappa shape index (κ3) is 4.76. The van der Waals surface area contributed by atoms with Crippen LogP contribution >= 0.6 is 0 Å². The van der Waals surface area contributed by atoms with Crippen LogP contribution in [0.2, 0.25) is 0 Å². The fourth-order valence-electron chi connectivity index (χ4n) is 3.52. The number of piperidine rings is 1. The lowest BCUT2D eigenvalue weighted by Gasteiger charge is -2.31. The first kappa shape index (κ1) is 19.1. The Hall–Kier alpha value is -2.63. The zero-order valence-corrected chi connectivity index (χ0v) is 15.3. The van der Waals surface area contributed by atoms with Crippen LogP contribution in [-0.2, 0) is 17.9 Å². The number of carbonyl (C=O) groups is 1. The van der Waals surface area contributed by atoms with E-state index in [9.17, 15) is 15.0 Å². The highest BCUT2D eigenvalue weighted by molar-refractivity contribution is 5.91. The first-order valence-electron chi connectivity index (χ1n) is 9.29. The third-order valence-corrected chi connectivity index (χ3v) is 5.16. The van der Waals surface area contributed by atoms with Crippen molar-refractivity contribution in [2.75, 3.05) is 13.1 Å². The Balaban J connectivity index is 1.58. The van der Waals surface area contributed by atoms with Crippen molar-refractivity contribution >= 4 is 12.0 Å². The summed E-state index contributed by atoms with van der Waals surface area (Å²) >= 11 is 0. The number of amides is 1. The maximum absolute atomic E-state index is 12.5. The number of aliphatic hydroxyl groups excluding tert-OH is 1.